The molecule has 2 unspecified atom stereocenters. The zero-order valence-electron chi connectivity index (χ0n) is 8.95. The predicted octanol–water partition coefficient (Wildman–Crippen LogP) is 0.569. The summed E-state index contributed by atoms with van der Waals surface area (Å²) < 4.78 is 0. The highest BCUT2D eigenvalue weighted by Crippen LogP contribution is 2.18. The number of hydrogen-bond acceptors (Lipinski definition) is 3. The molecule has 1 saturated heterocycles. The maximum atomic E-state index is 9.68. The largest absolute Gasteiger partial charge is 0.389 e. The van der Waals surface area contributed by atoms with E-state index >= 15 is 0 Å². The fourth-order valence-electron chi connectivity index (χ4n) is 1.99. The Morgan fingerprint density at radius 1 is 1.54 bits per heavy atom. The number of β-amino-alcohol motifs (C(OH)–C–C–N with tert-alkyl or cyclic N) is 1. The number of nitrogens with two attached hydrogens (primary N) is 1. The van der Waals surface area contributed by atoms with Gasteiger partial charge in [-0.15, -0.1) is 0 Å². The Morgan fingerprint density at radius 3 is 2.62 bits per heavy atom. The lowest BCUT2D eigenvalue weighted by Gasteiger charge is -2.39. The Hall–Kier alpha value is -0.120. The van der Waals surface area contributed by atoms with Gasteiger partial charge >= 0.3 is 0 Å². The second-order valence-electron chi connectivity index (χ2n) is 4.92. The van der Waals surface area contributed by atoms with E-state index in [0.29, 0.717) is 12.1 Å². The predicted molar refractivity (Wildman–Crippen MR) is 54.5 cm³/mol. The summed E-state index contributed by atoms with van der Waals surface area (Å²) in [6.07, 6.45) is 2.11. The third-order valence-electron chi connectivity index (χ3n) is 2.64. The van der Waals surface area contributed by atoms with Crippen LogP contribution in [0.1, 0.15) is 33.6 Å². The van der Waals surface area contributed by atoms with Gasteiger partial charge in [0.15, 0.2) is 0 Å². The highest BCUT2D eigenvalue weighted by molar-refractivity contribution is 4.84. The quantitative estimate of drug-likeness (QED) is 0.663. The van der Waals surface area contributed by atoms with Crippen molar-refractivity contribution >= 4 is 0 Å². The fourth-order valence-corrected chi connectivity index (χ4v) is 1.99. The van der Waals surface area contributed by atoms with Gasteiger partial charge in [-0.2, -0.15) is 0 Å². The minimum Gasteiger partial charge on any atom is -0.389 e. The normalized spacial score (nSPS) is 32.1. The van der Waals surface area contributed by atoms with Gasteiger partial charge in [0.2, 0.25) is 0 Å². The van der Waals surface area contributed by atoms with Crippen LogP contribution in [0.2, 0.25) is 0 Å². The molecule has 0 saturated carbocycles. The lowest BCUT2D eigenvalue weighted by Crippen LogP contribution is -2.50. The molecule has 1 aliphatic heterocycles. The number of nitrogens with zero attached hydrogens (tertiary/aromatic N) is 1. The summed E-state index contributed by atoms with van der Waals surface area (Å²) in [5, 5.41) is 9.68. The van der Waals surface area contributed by atoms with Crippen LogP contribution < -0.4 is 5.73 Å². The van der Waals surface area contributed by atoms with Gasteiger partial charge in [-0.3, -0.25) is 4.90 Å². The van der Waals surface area contributed by atoms with Crippen LogP contribution in [0.25, 0.3) is 0 Å². The molecule has 1 aliphatic rings. The molecule has 0 aromatic carbocycles. The molecule has 1 heterocycles. The average molecular weight is 186 g/mol. The molecule has 0 bridgehead atoms. The molecule has 0 radical (unpaired) electrons. The summed E-state index contributed by atoms with van der Waals surface area (Å²) >= 11 is 0. The van der Waals surface area contributed by atoms with Crippen molar-refractivity contribution in [2.75, 3.05) is 13.1 Å². The molecule has 0 aromatic heterocycles. The van der Waals surface area contributed by atoms with Gasteiger partial charge in [-0.25, -0.2) is 0 Å². The van der Waals surface area contributed by atoms with E-state index < -0.39 is 5.60 Å². The first kappa shape index (κ1) is 11.0. The van der Waals surface area contributed by atoms with Crippen LogP contribution in [0.4, 0.5) is 0 Å². The van der Waals surface area contributed by atoms with E-state index in [9.17, 15) is 5.11 Å². The third kappa shape index (κ3) is 3.63. The Balaban J connectivity index is 2.43. The van der Waals surface area contributed by atoms with Crippen molar-refractivity contribution in [1.29, 1.82) is 0 Å². The maximum absolute atomic E-state index is 9.68. The maximum Gasteiger partial charge on any atom is 0.0718 e. The number of hydrogen-bond donors (Lipinski definition) is 2. The van der Waals surface area contributed by atoms with E-state index in [0.717, 1.165) is 25.9 Å². The van der Waals surface area contributed by atoms with Gasteiger partial charge in [-0.1, -0.05) is 0 Å². The summed E-state index contributed by atoms with van der Waals surface area (Å²) in [5.41, 5.74) is 5.27. The van der Waals surface area contributed by atoms with Crippen molar-refractivity contribution in [3.05, 3.63) is 0 Å². The van der Waals surface area contributed by atoms with Crippen molar-refractivity contribution in [3.63, 3.8) is 0 Å². The van der Waals surface area contributed by atoms with E-state index in [1.807, 2.05) is 13.8 Å². The summed E-state index contributed by atoms with van der Waals surface area (Å²) in [4.78, 5) is 2.32. The number of piperidine rings is 1. The van der Waals surface area contributed by atoms with E-state index in [1.165, 1.54) is 0 Å². The summed E-state index contributed by atoms with van der Waals surface area (Å²) in [6, 6.07) is 0.864. The molecule has 1 rings (SSSR count). The van der Waals surface area contributed by atoms with Crippen LogP contribution in [0.3, 0.4) is 0 Å². The minimum atomic E-state index is -0.588. The fraction of sp³-hybridized carbons (Fsp3) is 1.00. The summed E-state index contributed by atoms with van der Waals surface area (Å²) in [5.74, 6) is 0. The van der Waals surface area contributed by atoms with E-state index in [4.69, 9.17) is 5.73 Å². The lowest BCUT2D eigenvalue weighted by atomic mass is 9.97. The Bertz CT molecular complexity index is 165. The van der Waals surface area contributed by atoms with Crippen molar-refractivity contribution in [2.24, 2.45) is 5.73 Å². The van der Waals surface area contributed by atoms with Crippen LogP contribution in [0.15, 0.2) is 0 Å². The zero-order valence-corrected chi connectivity index (χ0v) is 8.95. The summed E-state index contributed by atoms with van der Waals surface area (Å²) in [7, 11) is 0. The Labute approximate surface area is 80.9 Å². The van der Waals surface area contributed by atoms with Gasteiger partial charge in [0.25, 0.3) is 0 Å². The number of likely N-dealkylation sites (tertiary alicyclic amines) is 1. The first-order chi connectivity index (χ1) is 5.88. The molecule has 0 aromatic rings. The molecule has 0 aliphatic carbocycles. The van der Waals surface area contributed by atoms with Gasteiger partial charge in [0.05, 0.1) is 5.60 Å². The monoisotopic (exact) mass is 186 g/mol. The topological polar surface area (TPSA) is 49.5 Å². The van der Waals surface area contributed by atoms with Gasteiger partial charge in [0.1, 0.15) is 0 Å². The minimum absolute atomic E-state index is 0.355. The second-order valence-corrected chi connectivity index (χ2v) is 4.92. The third-order valence-corrected chi connectivity index (χ3v) is 2.64. The zero-order chi connectivity index (χ0) is 10.1. The molecule has 1 fully saturated rings. The van der Waals surface area contributed by atoms with Crippen molar-refractivity contribution in [3.8, 4) is 0 Å². The Kier molecular flexibility index (Phi) is 3.33. The molecule has 2 atom stereocenters. The van der Waals surface area contributed by atoms with Crippen LogP contribution in [-0.2, 0) is 0 Å². The smallest absolute Gasteiger partial charge is 0.0718 e. The lowest BCUT2D eigenvalue weighted by molar-refractivity contribution is 0.0110. The van der Waals surface area contributed by atoms with Gasteiger partial charge in [-0.05, 0) is 33.6 Å². The summed E-state index contributed by atoms with van der Waals surface area (Å²) in [6.45, 7) is 7.67. The van der Waals surface area contributed by atoms with Crippen molar-refractivity contribution in [2.45, 2.75) is 51.3 Å². The second kappa shape index (κ2) is 3.95. The van der Waals surface area contributed by atoms with Crippen molar-refractivity contribution in [1.82, 2.24) is 4.90 Å². The van der Waals surface area contributed by atoms with E-state index in [2.05, 4.69) is 11.8 Å². The number of aliphatic hydroxyl groups is 1. The molecular formula is C10H22N2O. The first-order valence-electron chi connectivity index (χ1n) is 5.10. The molecular weight excluding hydrogens is 164 g/mol. The van der Waals surface area contributed by atoms with Crippen molar-refractivity contribution < 1.29 is 5.11 Å². The van der Waals surface area contributed by atoms with Crippen LogP contribution in [0, 0.1) is 0 Å². The van der Waals surface area contributed by atoms with Crippen LogP contribution in [-0.4, -0.2) is 40.8 Å². The molecule has 0 spiro atoms. The van der Waals surface area contributed by atoms with Crippen LogP contribution >= 0.6 is 0 Å². The Morgan fingerprint density at radius 2 is 2.15 bits per heavy atom. The highest BCUT2D eigenvalue weighted by atomic mass is 16.3. The van der Waals surface area contributed by atoms with Gasteiger partial charge < -0.3 is 10.8 Å². The molecule has 3 N–H and O–H groups in total. The molecule has 13 heavy (non-hydrogen) atoms. The molecule has 3 heteroatoms. The molecule has 3 nitrogen and oxygen atoms in total. The first-order valence-corrected chi connectivity index (χ1v) is 5.10. The van der Waals surface area contributed by atoms with E-state index in [1.54, 1.807) is 0 Å². The average Bonchev–Trinajstić information content (AvgIpc) is 1.93. The standard InChI is InChI=1S/C10H22N2O/c1-8-6-9(11)4-5-12(8)7-10(2,3)13/h8-9,13H,4-7,11H2,1-3H3. The van der Waals surface area contributed by atoms with Gasteiger partial charge in [0, 0.05) is 25.2 Å². The highest BCUT2D eigenvalue weighted by Gasteiger charge is 2.27. The molecule has 0 amide bonds. The van der Waals surface area contributed by atoms with Crippen LogP contribution in [0.5, 0.6) is 0 Å². The SMILES string of the molecule is CC1CC(N)CCN1CC(C)(C)O. The number of rotatable bonds is 2. The molecule has 78 valence electrons. The van der Waals surface area contributed by atoms with E-state index in [-0.39, 0.29) is 0 Å².